The molecule has 19 heavy (non-hydrogen) atoms. The van der Waals surface area contributed by atoms with Crippen molar-refractivity contribution in [2.45, 2.75) is 13.0 Å². The summed E-state index contributed by atoms with van der Waals surface area (Å²) in [7, 11) is 3.80. The molecule has 0 bridgehead atoms. The number of nitrogens with zero attached hydrogens (tertiary/aromatic N) is 3. The Labute approximate surface area is 112 Å². The third kappa shape index (κ3) is 2.76. The van der Waals surface area contributed by atoms with Crippen molar-refractivity contribution in [3.05, 3.63) is 47.5 Å². The maximum absolute atomic E-state index is 13.3. The molecule has 5 heteroatoms. The summed E-state index contributed by atoms with van der Waals surface area (Å²) in [5, 5.41) is 4.33. The second-order valence-electron chi connectivity index (χ2n) is 4.69. The van der Waals surface area contributed by atoms with E-state index >= 15 is 0 Å². The highest BCUT2D eigenvalue weighted by Crippen LogP contribution is 2.26. The largest absolute Gasteiger partial charge is 0.366 e. The lowest BCUT2D eigenvalue weighted by molar-refractivity contribution is 0.622. The van der Waals surface area contributed by atoms with Gasteiger partial charge in [0.25, 0.3) is 0 Å². The average Bonchev–Trinajstić information content (AvgIpc) is 2.69. The van der Waals surface area contributed by atoms with Crippen LogP contribution < -0.4 is 10.6 Å². The summed E-state index contributed by atoms with van der Waals surface area (Å²) >= 11 is 0. The van der Waals surface area contributed by atoms with Gasteiger partial charge in [0.2, 0.25) is 0 Å². The molecule has 1 unspecified atom stereocenters. The molecule has 2 rings (SSSR count). The fourth-order valence-electron chi connectivity index (χ4n) is 2.31. The van der Waals surface area contributed by atoms with E-state index in [1.54, 1.807) is 10.7 Å². The number of hydrogen-bond donors (Lipinski definition) is 1. The van der Waals surface area contributed by atoms with E-state index in [1.165, 1.54) is 12.1 Å². The van der Waals surface area contributed by atoms with Crippen LogP contribution in [-0.2, 0) is 7.05 Å². The Bertz CT molecular complexity index is 564. The molecule has 0 aliphatic rings. The lowest BCUT2D eigenvalue weighted by atomic mass is 10.1. The molecule has 0 saturated carbocycles. The van der Waals surface area contributed by atoms with Crippen LogP contribution in [0, 0.1) is 12.7 Å². The van der Waals surface area contributed by atoms with Crippen LogP contribution in [0.1, 0.15) is 17.3 Å². The smallest absolute Gasteiger partial charge is 0.125 e. The van der Waals surface area contributed by atoms with Crippen LogP contribution in [0.4, 0.5) is 10.1 Å². The Hall–Kier alpha value is -1.88. The first-order valence-electron chi connectivity index (χ1n) is 6.21. The quantitative estimate of drug-likeness (QED) is 0.916. The van der Waals surface area contributed by atoms with E-state index in [9.17, 15) is 4.39 Å². The first-order valence-corrected chi connectivity index (χ1v) is 6.21. The molecule has 0 saturated heterocycles. The molecule has 0 fully saturated rings. The van der Waals surface area contributed by atoms with Crippen molar-refractivity contribution in [3.8, 4) is 0 Å². The second-order valence-corrected chi connectivity index (χ2v) is 4.69. The molecule has 2 N–H and O–H groups in total. The van der Waals surface area contributed by atoms with E-state index in [1.807, 2.05) is 38.2 Å². The standard InChI is InChI=1S/C14H19FN4/c1-10-13(9-18(2)17-10)14(8-16)19(3)12-6-4-5-11(15)7-12/h4-7,9,14H,8,16H2,1-3H3. The molecular weight excluding hydrogens is 243 g/mol. The van der Waals surface area contributed by atoms with E-state index in [-0.39, 0.29) is 11.9 Å². The first kappa shape index (κ1) is 13.5. The Balaban J connectivity index is 2.34. The van der Waals surface area contributed by atoms with Crippen molar-refractivity contribution in [1.82, 2.24) is 9.78 Å². The number of halogens is 1. The third-order valence-corrected chi connectivity index (χ3v) is 3.32. The molecular formula is C14H19FN4. The fourth-order valence-corrected chi connectivity index (χ4v) is 2.31. The highest BCUT2D eigenvalue weighted by Gasteiger charge is 2.20. The molecule has 102 valence electrons. The van der Waals surface area contributed by atoms with E-state index in [2.05, 4.69) is 5.10 Å². The van der Waals surface area contributed by atoms with Crippen molar-refractivity contribution in [3.63, 3.8) is 0 Å². The summed E-state index contributed by atoms with van der Waals surface area (Å²) in [5.74, 6) is -0.247. The maximum Gasteiger partial charge on any atom is 0.125 e. The highest BCUT2D eigenvalue weighted by molar-refractivity contribution is 5.48. The van der Waals surface area contributed by atoms with Crippen LogP contribution in [0.25, 0.3) is 0 Å². The molecule has 0 spiro atoms. The Morgan fingerprint density at radius 2 is 2.21 bits per heavy atom. The number of nitrogens with two attached hydrogens (primary N) is 1. The van der Waals surface area contributed by atoms with E-state index in [0.717, 1.165) is 16.9 Å². The zero-order chi connectivity index (χ0) is 14.0. The van der Waals surface area contributed by atoms with Crippen molar-refractivity contribution in [2.24, 2.45) is 12.8 Å². The molecule has 0 aliphatic heterocycles. The second kappa shape index (κ2) is 5.40. The molecule has 1 atom stereocenters. The van der Waals surface area contributed by atoms with Gasteiger partial charge in [-0.05, 0) is 25.1 Å². The number of benzene rings is 1. The van der Waals surface area contributed by atoms with Crippen LogP contribution in [0.3, 0.4) is 0 Å². The fraction of sp³-hybridized carbons (Fsp3) is 0.357. The van der Waals surface area contributed by atoms with Crippen molar-refractivity contribution < 1.29 is 4.39 Å². The molecule has 0 amide bonds. The van der Waals surface area contributed by atoms with Gasteiger partial charge in [0, 0.05) is 38.1 Å². The predicted octanol–water partition coefficient (Wildman–Crippen LogP) is 2.00. The molecule has 1 heterocycles. The van der Waals surface area contributed by atoms with Crippen molar-refractivity contribution in [2.75, 3.05) is 18.5 Å². The Morgan fingerprint density at radius 3 is 2.74 bits per heavy atom. The minimum absolute atomic E-state index is 0.0181. The van der Waals surface area contributed by atoms with Gasteiger partial charge >= 0.3 is 0 Å². The maximum atomic E-state index is 13.3. The summed E-state index contributed by atoms with van der Waals surface area (Å²) in [6.07, 6.45) is 1.96. The highest BCUT2D eigenvalue weighted by atomic mass is 19.1. The van der Waals surface area contributed by atoms with Gasteiger partial charge in [-0.1, -0.05) is 6.07 Å². The number of aryl methyl sites for hydroxylation is 2. The lowest BCUT2D eigenvalue weighted by Crippen LogP contribution is -2.30. The minimum atomic E-state index is -0.247. The number of rotatable bonds is 4. The number of aromatic nitrogens is 2. The van der Waals surface area contributed by atoms with Crippen LogP contribution in [-0.4, -0.2) is 23.4 Å². The van der Waals surface area contributed by atoms with Gasteiger partial charge in [-0.25, -0.2) is 4.39 Å². The first-order chi connectivity index (χ1) is 9.02. The molecule has 4 nitrogen and oxygen atoms in total. The van der Waals surface area contributed by atoms with Gasteiger partial charge in [0.1, 0.15) is 5.82 Å². The van der Waals surface area contributed by atoms with Crippen molar-refractivity contribution >= 4 is 5.69 Å². The zero-order valence-corrected chi connectivity index (χ0v) is 11.5. The van der Waals surface area contributed by atoms with E-state index < -0.39 is 0 Å². The summed E-state index contributed by atoms with van der Waals surface area (Å²) < 4.78 is 15.1. The molecule has 0 aliphatic carbocycles. The van der Waals surface area contributed by atoms with Crippen LogP contribution in [0.5, 0.6) is 0 Å². The van der Waals surface area contributed by atoms with E-state index in [4.69, 9.17) is 5.73 Å². The summed E-state index contributed by atoms with van der Waals surface area (Å²) in [6, 6.07) is 6.50. The van der Waals surface area contributed by atoms with E-state index in [0.29, 0.717) is 6.54 Å². The van der Waals surface area contributed by atoms with Crippen molar-refractivity contribution in [1.29, 1.82) is 0 Å². The van der Waals surface area contributed by atoms with Crippen LogP contribution in [0.2, 0.25) is 0 Å². The molecule has 2 aromatic rings. The van der Waals surface area contributed by atoms with Gasteiger partial charge in [-0.2, -0.15) is 5.10 Å². The Morgan fingerprint density at radius 1 is 1.47 bits per heavy atom. The van der Waals surface area contributed by atoms with Gasteiger partial charge < -0.3 is 10.6 Å². The average molecular weight is 262 g/mol. The van der Waals surface area contributed by atoms with Crippen LogP contribution >= 0.6 is 0 Å². The molecule has 1 aromatic heterocycles. The minimum Gasteiger partial charge on any atom is -0.366 e. The molecule has 1 aromatic carbocycles. The summed E-state index contributed by atoms with van der Waals surface area (Å²) in [4.78, 5) is 1.98. The summed E-state index contributed by atoms with van der Waals surface area (Å²) in [5.41, 5.74) is 8.70. The SMILES string of the molecule is Cc1nn(C)cc1C(CN)N(C)c1cccc(F)c1. The third-order valence-electron chi connectivity index (χ3n) is 3.32. The van der Waals surface area contributed by atoms with Gasteiger partial charge in [0.15, 0.2) is 0 Å². The summed E-state index contributed by atoms with van der Waals surface area (Å²) in [6.45, 7) is 2.40. The number of hydrogen-bond acceptors (Lipinski definition) is 3. The Kier molecular flexibility index (Phi) is 3.85. The molecule has 0 radical (unpaired) electrons. The predicted molar refractivity (Wildman–Crippen MR) is 74.5 cm³/mol. The van der Waals surface area contributed by atoms with Gasteiger partial charge in [-0.15, -0.1) is 0 Å². The number of anilines is 1. The lowest BCUT2D eigenvalue weighted by Gasteiger charge is -2.29. The number of likely N-dealkylation sites (N-methyl/N-ethyl adjacent to an activating group) is 1. The van der Waals surface area contributed by atoms with Gasteiger partial charge in [-0.3, -0.25) is 4.68 Å². The van der Waals surface area contributed by atoms with Crippen LogP contribution in [0.15, 0.2) is 30.5 Å². The topological polar surface area (TPSA) is 47.1 Å². The van der Waals surface area contributed by atoms with Gasteiger partial charge in [0.05, 0.1) is 11.7 Å². The normalized spacial score (nSPS) is 12.5. The monoisotopic (exact) mass is 262 g/mol. The zero-order valence-electron chi connectivity index (χ0n) is 11.5.